The van der Waals surface area contributed by atoms with Crippen LogP contribution in [-0.4, -0.2) is 5.78 Å². The number of rotatable bonds is 3. The van der Waals surface area contributed by atoms with Gasteiger partial charge in [0.25, 0.3) is 0 Å². The van der Waals surface area contributed by atoms with Crippen molar-refractivity contribution < 1.29 is 4.79 Å². The molecule has 0 heterocycles. The van der Waals surface area contributed by atoms with Gasteiger partial charge in [0.15, 0.2) is 5.78 Å². The summed E-state index contributed by atoms with van der Waals surface area (Å²) in [4.78, 5) is 12.4. The number of carbonyl (C=O) groups excluding carboxylic acids is 1. The maximum atomic E-state index is 12.4. The molecule has 0 aliphatic rings. The Balaban J connectivity index is 1.98. The van der Waals surface area contributed by atoms with Crippen LogP contribution in [0.3, 0.4) is 0 Å². The van der Waals surface area contributed by atoms with Gasteiger partial charge in [0, 0.05) is 16.5 Å². The first-order valence-electron chi connectivity index (χ1n) is 6.50. The summed E-state index contributed by atoms with van der Waals surface area (Å²) in [5, 5.41) is 2.32. The van der Waals surface area contributed by atoms with Crippen LogP contribution in [0.1, 0.15) is 15.9 Å². The zero-order chi connectivity index (χ0) is 13.9. The Morgan fingerprint density at radius 3 is 2.40 bits per heavy atom. The van der Waals surface area contributed by atoms with Crippen LogP contribution < -0.4 is 0 Å². The molecule has 0 aliphatic carbocycles. The van der Waals surface area contributed by atoms with Crippen molar-refractivity contribution >= 4 is 32.5 Å². The molecule has 0 atom stereocenters. The van der Waals surface area contributed by atoms with E-state index in [4.69, 9.17) is 0 Å². The summed E-state index contributed by atoms with van der Waals surface area (Å²) < 4.78 is 0.852. The fraction of sp³-hybridized carbons (Fsp3) is 0.0556. The second-order valence-corrected chi connectivity index (χ2v) is 5.57. The van der Waals surface area contributed by atoms with Gasteiger partial charge in [-0.1, -0.05) is 76.6 Å². The number of carbonyl (C=O) groups is 1. The fourth-order valence-corrected chi connectivity index (χ4v) is 2.91. The molecule has 0 unspecified atom stereocenters. The molecule has 3 aromatic rings. The lowest BCUT2D eigenvalue weighted by Gasteiger charge is -2.07. The highest BCUT2D eigenvalue weighted by Gasteiger charge is 2.11. The topological polar surface area (TPSA) is 17.1 Å². The van der Waals surface area contributed by atoms with Crippen molar-refractivity contribution in [3.8, 4) is 0 Å². The molecule has 0 saturated heterocycles. The van der Waals surface area contributed by atoms with E-state index in [-0.39, 0.29) is 5.78 Å². The minimum atomic E-state index is 0.133. The van der Waals surface area contributed by atoms with Crippen LogP contribution >= 0.6 is 15.9 Å². The van der Waals surface area contributed by atoms with Crippen molar-refractivity contribution in [3.63, 3.8) is 0 Å². The fourth-order valence-electron chi connectivity index (χ4n) is 2.40. The van der Waals surface area contributed by atoms with Gasteiger partial charge in [0.1, 0.15) is 0 Å². The highest BCUT2D eigenvalue weighted by molar-refractivity contribution is 9.10. The van der Waals surface area contributed by atoms with Crippen molar-refractivity contribution in [2.24, 2.45) is 0 Å². The molecule has 3 aromatic carbocycles. The van der Waals surface area contributed by atoms with Gasteiger partial charge in [-0.25, -0.2) is 0 Å². The van der Waals surface area contributed by atoms with E-state index in [0.717, 1.165) is 21.0 Å². The molecule has 0 saturated carbocycles. The predicted molar refractivity (Wildman–Crippen MR) is 86.1 cm³/mol. The zero-order valence-electron chi connectivity index (χ0n) is 10.8. The van der Waals surface area contributed by atoms with Gasteiger partial charge in [0.2, 0.25) is 0 Å². The van der Waals surface area contributed by atoms with Crippen LogP contribution in [0.4, 0.5) is 0 Å². The van der Waals surface area contributed by atoms with E-state index in [2.05, 4.69) is 34.1 Å². The molecular weight excluding hydrogens is 312 g/mol. The maximum absolute atomic E-state index is 12.4. The minimum absolute atomic E-state index is 0.133. The monoisotopic (exact) mass is 324 g/mol. The second kappa shape index (κ2) is 5.59. The summed E-state index contributed by atoms with van der Waals surface area (Å²) in [5.74, 6) is 0.133. The highest BCUT2D eigenvalue weighted by atomic mass is 79.9. The van der Waals surface area contributed by atoms with Crippen LogP contribution in [-0.2, 0) is 6.42 Å². The van der Waals surface area contributed by atoms with E-state index in [0.29, 0.717) is 6.42 Å². The van der Waals surface area contributed by atoms with Crippen LogP contribution in [0.15, 0.2) is 71.2 Å². The Kier molecular flexibility index (Phi) is 3.66. The molecule has 0 bridgehead atoms. The molecule has 98 valence electrons. The molecule has 0 spiro atoms. The first kappa shape index (κ1) is 13.1. The number of fused-ring (bicyclic) bond motifs is 1. The molecule has 0 fully saturated rings. The highest BCUT2D eigenvalue weighted by Crippen LogP contribution is 2.22. The number of halogens is 1. The number of benzene rings is 3. The summed E-state index contributed by atoms with van der Waals surface area (Å²) in [6.45, 7) is 0. The van der Waals surface area contributed by atoms with E-state index in [1.165, 1.54) is 5.39 Å². The third-order valence-corrected chi connectivity index (χ3v) is 4.10. The van der Waals surface area contributed by atoms with E-state index < -0.39 is 0 Å². The Morgan fingerprint density at radius 2 is 1.55 bits per heavy atom. The van der Waals surface area contributed by atoms with Gasteiger partial charge in [0.05, 0.1) is 0 Å². The van der Waals surface area contributed by atoms with Crippen molar-refractivity contribution in [1.82, 2.24) is 0 Å². The summed E-state index contributed by atoms with van der Waals surface area (Å²) in [6, 6.07) is 21.8. The second-order valence-electron chi connectivity index (χ2n) is 4.72. The van der Waals surface area contributed by atoms with Crippen molar-refractivity contribution in [2.45, 2.75) is 6.42 Å². The lowest BCUT2D eigenvalue weighted by molar-refractivity contribution is 0.0992. The Labute approximate surface area is 126 Å². The van der Waals surface area contributed by atoms with Crippen LogP contribution in [0, 0.1) is 0 Å². The minimum Gasteiger partial charge on any atom is -0.294 e. The van der Waals surface area contributed by atoms with Crippen molar-refractivity contribution in [3.05, 3.63) is 82.3 Å². The standard InChI is InChI=1S/C18H13BrO/c19-17-11-4-3-10-16(17)18(20)12-14-8-5-7-13-6-1-2-9-15(13)14/h1-11H,12H2. The Bertz CT molecular complexity index is 772. The summed E-state index contributed by atoms with van der Waals surface area (Å²) in [7, 11) is 0. The first-order chi connectivity index (χ1) is 9.75. The lowest BCUT2D eigenvalue weighted by atomic mass is 9.98. The number of hydrogen-bond acceptors (Lipinski definition) is 1. The van der Waals surface area contributed by atoms with Gasteiger partial charge in [-0.2, -0.15) is 0 Å². The van der Waals surface area contributed by atoms with Gasteiger partial charge in [-0.3, -0.25) is 4.79 Å². The SMILES string of the molecule is O=C(Cc1cccc2ccccc12)c1ccccc1Br. The van der Waals surface area contributed by atoms with E-state index in [1.807, 2.05) is 48.5 Å². The Hall–Kier alpha value is -1.93. The molecule has 0 amide bonds. The van der Waals surface area contributed by atoms with E-state index in [1.54, 1.807) is 0 Å². The van der Waals surface area contributed by atoms with Crippen LogP contribution in [0.5, 0.6) is 0 Å². The quantitative estimate of drug-likeness (QED) is 0.618. The van der Waals surface area contributed by atoms with Crippen LogP contribution in [0.25, 0.3) is 10.8 Å². The average molecular weight is 325 g/mol. The molecule has 0 radical (unpaired) electrons. The van der Waals surface area contributed by atoms with Crippen LogP contribution in [0.2, 0.25) is 0 Å². The third kappa shape index (κ3) is 2.52. The Morgan fingerprint density at radius 1 is 0.850 bits per heavy atom. The molecular formula is C18H13BrO. The van der Waals surface area contributed by atoms with Crippen molar-refractivity contribution in [2.75, 3.05) is 0 Å². The molecule has 20 heavy (non-hydrogen) atoms. The molecule has 1 nitrogen and oxygen atoms in total. The summed E-state index contributed by atoms with van der Waals surface area (Å²) >= 11 is 3.44. The normalized spacial score (nSPS) is 10.7. The number of Topliss-reactive ketones (excluding diaryl/α,β-unsaturated/α-hetero) is 1. The number of ketones is 1. The maximum Gasteiger partial charge on any atom is 0.168 e. The van der Waals surface area contributed by atoms with Gasteiger partial charge in [-0.05, 0) is 22.4 Å². The predicted octanol–water partition coefficient (Wildman–Crippen LogP) is 5.03. The molecule has 2 heteroatoms. The van der Waals surface area contributed by atoms with E-state index in [9.17, 15) is 4.79 Å². The zero-order valence-corrected chi connectivity index (χ0v) is 12.4. The number of hydrogen-bond donors (Lipinski definition) is 0. The third-order valence-electron chi connectivity index (χ3n) is 3.41. The van der Waals surface area contributed by atoms with Gasteiger partial charge < -0.3 is 0 Å². The molecule has 0 aromatic heterocycles. The molecule has 0 N–H and O–H groups in total. The largest absolute Gasteiger partial charge is 0.294 e. The first-order valence-corrected chi connectivity index (χ1v) is 7.29. The molecule has 3 rings (SSSR count). The molecule has 0 aliphatic heterocycles. The van der Waals surface area contributed by atoms with E-state index >= 15 is 0 Å². The lowest BCUT2D eigenvalue weighted by Crippen LogP contribution is -2.04. The van der Waals surface area contributed by atoms with Crippen molar-refractivity contribution in [1.29, 1.82) is 0 Å². The smallest absolute Gasteiger partial charge is 0.168 e. The van der Waals surface area contributed by atoms with Gasteiger partial charge in [-0.15, -0.1) is 0 Å². The summed E-state index contributed by atoms with van der Waals surface area (Å²) in [5.41, 5.74) is 1.81. The summed E-state index contributed by atoms with van der Waals surface area (Å²) in [6.07, 6.45) is 0.421. The average Bonchev–Trinajstić information content (AvgIpc) is 2.48. The van der Waals surface area contributed by atoms with Gasteiger partial charge >= 0.3 is 0 Å².